The maximum Gasteiger partial charge on any atom is 0.311 e. The van der Waals surface area contributed by atoms with Gasteiger partial charge in [0.05, 0.1) is 24.8 Å². The molecule has 51 heavy (non-hydrogen) atoms. The molecule has 3 N–H and O–H groups in total. The van der Waals surface area contributed by atoms with Crippen LogP contribution in [0.4, 0.5) is 22.7 Å². The van der Waals surface area contributed by atoms with Crippen LogP contribution in [0.5, 0.6) is 11.5 Å². The molecule has 0 atom stereocenters. The molecule has 2 aromatic rings. The van der Waals surface area contributed by atoms with Gasteiger partial charge in [0, 0.05) is 101 Å². The Morgan fingerprint density at radius 3 is 1.41 bits per heavy atom. The molecule has 0 aromatic heterocycles. The zero-order valence-electron chi connectivity index (χ0n) is 31.6. The molecule has 13 heteroatoms. The number of nitrogens with two attached hydrogens (primary N) is 1. The van der Waals surface area contributed by atoms with Crippen molar-refractivity contribution in [3.63, 3.8) is 0 Å². The molecular weight excluding hydrogens is 648 g/mol. The molecule has 4 aliphatic rings. The summed E-state index contributed by atoms with van der Waals surface area (Å²) in [5, 5.41) is 18.2. The Morgan fingerprint density at radius 1 is 0.667 bits per heavy atom. The van der Waals surface area contributed by atoms with E-state index in [9.17, 15) is 10.1 Å². The van der Waals surface area contributed by atoms with Crippen molar-refractivity contribution >= 4 is 22.7 Å². The molecule has 0 bridgehead atoms. The van der Waals surface area contributed by atoms with E-state index in [0.29, 0.717) is 11.8 Å². The standard InChI is InChI=1S/C18H28N4O3.C18H30N4O.CH4O.CH4/c1-14-12-17(22(23)24)18(25-3)13-16(14)21-10-8-20(9-11-21)15-4-6-19(2)7-5-15;1-14-12-16(19)18(23-3)13-17(14)22-10-8-21(9-11-22)15-4-6-20(2)7-5-15;1-2;/h12-13,15H,4-11H2,1-3H3;12-13,15H,4-11,19H2,1-3H3;2H,1H3;1H4. The summed E-state index contributed by atoms with van der Waals surface area (Å²) in [6.45, 7) is 17.4. The van der Waals surface area contributed by atoms with Crippen LogP contribution in [0.25, 0.3) is 0 Å². The average Bonchev–Trinajstić information content (AvgIpc) is 3.13. The average molecular weight is 715 g/mol. The number of hydrogen-bond donors (Lipinski definition) is 2. The summed E-state index contributed by atoms with van der Waals surface area (Å²) in [6.07, 6.45) is 5.12. The third kappa shape index (κ3) is 10.8. The zero-order chi connectivity index (χ0) is 36.4. The largest absolute Gasteiger partial charge is 0.495 e. The van der Waals surface area contributed by atoms with Crippen molar-refractivity contribution in [1.82, 2.24) is 19.6 Å². The predicted molar refractivity (Wildman–Crippen MR) is 210 cm³/mol. The smallest absolute Gasteiger partial charge is 0.311 e. The van der Waals surface area contributed by atoms with E-state index in [2.05, 4.69) is 56.5 Å². The highest BCUT2D eigenvalue weighted by molar-refractivity contribution is 5.67. The SMILES string of the molecule is C.CO.COc1cc(N2CCN(C3CCN(C)CC3)CC2)c(C)cc1N.COc1cc(N2CCN(C3CCN(C)CC3)CC2)c(C)cc1[N+](=O)[O-]. The Morgan fingerprint density at radius 2 is 1.04 bits per heavy atom. The van der Waals surface area contributed by atoms with Gasteiger partial charge in [-0.25, -0.2) is 0 Å². The second-order valence-electron chi connectivity index (χ2n) is 14.1. The molecular formula is C38H66N8O5. The molecule has 0 saturated carbocycles. The van der Waals surface area contributed by atoms with E-state index in [0.717, 1.165) is 88.2 Å². The van der Waals surface area contributed by atoms with E-state index in [4.69, 9.17) is 20.3 Å². The summed E-state index contributed by atoms with van der Waals surface area (Å²) < 4.78 is 10.6. The monoisotopic (exact) mass is 715 g/mol. The number of anilines is 3. The summed E-state index contributed by atoms with van der Waals surface area (Å²) in [6, 6.07) is 9.03. The maximum atomic E-state index is 11.2. The molecule has 288 valence electrons. The van der Waals surface area contributed by atoms with E-state index >= 15 is 0 Å². The van der Waals surface area contributed by atoms with Crippen LogP contribution in [0.15, 0.2) is 24.3 Å². The molecule has 0 amide bonds. The van der Waals surface area contributed by atoms with E-state index in [1.54, 1.807) is 13.2 Å². The summed E-state index contributed by atoms with van der Waals surface area (Å²) in [5.41, 5.74) is 11.2. The quantitative estimate of drug-likeness (QED) is 0.243. The molecule has 13 nitrogen and oxygen atoms in total. The summed E-state index contributed by atoms with van der Waals surface area (Å²) in [5.74, 6) is 1.12. The molecule has 2 aromatic carbocycles. The predicted octanol–water partition coefficient (Wildman–Crippen LogP) is 4.17. The lowest BCUT2D eigenvalue weighted by Gasteiger charge is -2.43. The molecule has 0 spiro atoms. The number of ether oxygens (including phenoxy) is 2. The fourth-order valence-corrected chi connectivity index (χ4v) is 7.90. The molecule has 0 radical (unpaired) electrons. The van der Waals surface area contributed by atoms with Crippen molar-refractivity contribution < 1.29 is 19.5 Å². The molecule has 4 fully saturated rings. The van der Waals surface area contributed by atoms with Gasteiger partial charge >= 0.3 is 5.69 Å². The molecule has 4 saturated heterocycles. The third-order valence-electron chi connectivity index (χ3n) is 11.0. The number of hydrogen-bond acceptors (Lipinski definition) is 12. The van der Waals surface area contributed by atoms with Crippen LogP contribution in [0.3, 0.4) is 0 Å². The Balaban J connectivity index is 0.000000259. The Labute approximate surface area is 307 Å². The fourth-order valence-electron chi connectivity index (χ4n) is 7.90. The van der Waals surface area contributed by atoms with Gasteiger partial charge in [0.2, 0.25) is 0 Å². The topological polar surface area (TPSA) is 127 Å². The van der Waals surface area contributed by atoms with Crippen LogP contribution in [-0.2, 0) is 0 Å². The number of nitrogens with zero attached hydrogens (tertiary/aromatic N) is 7. The van der Waals surface area contributed by atoms with Gasteiger partial charge in [-0.15, -0.1) is 0 Å². The van der Waals surface area contributed by atoms with Crippen molar-refractivity contribution in [2.24, 2.45) is 0 Å². The number of piperazine rings is 2. The lowest BCUT2D eigenvalue weighted by Crippen LogP contribution is -2.53. The van der Waals surface area contributed by atoms with E-state index in [1.165, 1.54) is 70.2 Å². The minimum Gasteiger partial charge on any atom is -0.495 e. The van der Waals surface area contributed by atoms with Gasteiger partial charge in [-0.2, -0.15) is 0 Å². The number of methoxy groups -OCH3 is 2. The minimum absolute atomic E-state index is 0. The van der Waals surface area contributed by atoms with Crippen LogP contribution in [-0.4, -0.2) is 156 Å². The summed E-state index contributed by atoms with van der Waals surface area (Å²) in [4.78, 5) is 25.7. The molecule has 6 rings (SSSR count). The highest BCUT2D eigenvalue weighted by Crippen LogP contribution is 2.36. The summed E-state index contributed by atoms with van der Waals surface area (Å²) >= 11 is 0. The van der Waals surface area contributed by atoms with Gasteiger partial charge in [-0.05, 0) is 97.0 Å². The first-order valence-electron chi connectivity index (χ1n) is 18.1. The number of aliphatic hydroxyl groups is 1. The zero-order valence-corrected chi connectivity index (χ0v) is 31.6. The molecule has 0 aliphatic carbocycles. The van der Waals surface area contributed by atoms with Crippen LogP contribution in [0.1, 0.15) is 44.2 Å². The van der Waals surface area contributed by atoms with Crippen molar-refractivity contribution in [2.75, 3.05) is 129 Å². The first-order valence-corrected chi connectivity index (χ1v) is 18.1. The highest BCUT2D eigenvalue weighted by atomic mass is 16.6. The first-order chi connectivity index (χ1) is 24.1. The second kappa shape index (κ2) is 20.0. The number of likely N-dealkylation sites (tertiary alicyclic amines) is 2. The van der Waals surface area contributed by atoms with Gasteiger partial charge in [-0.3, -0.25) is 19.9 Å². The molecule has 0 unspecified atom stereocenters. The van der Waals surface area contributed by atoms with Crippen LogP contribution >= 0.6 is 0 Å². The lowest BCUT2D eigenvalue weighted by molar-refractivity contribution is -0.385. The normalized spacial score (nSPS) is 20.0. The van der Waals surface area contributed by atoms with Gasteiger partial charge in [-0.1, -0.05) is 7.43 Å². The Kier molecular flexibility index (Phi) is 16.5. The van der Waals surface area contributed by atoms with Crippen molar-refractivity contribution in [1.29, 1.82) is 0 Å². The summed E-state index contributed by atoms with van der Waals surface area (Å²) in [7, 11) is 8.59. The van der Waals surface area contributed by atoms with Crippen LogP contribution in [0.2, 0.25) is 0 Å². The Hall–Kier alpha value is -3.36. The van der Waals surface area contributed by atoms with Gasteiger partial charge < -0.3 is 39.9 Å². The first kappa shape index (κ1) is 42.1. The van der Waals surface area contributed by atoms with Crippen molar-refractivity contribution in [3.8, 4) is 11.5 Å². The fraction of sp³-hybridized carbons (Fsp3) is 0.684. The lowest BCUT2D eigenvalue weighted by atomic mass is 10.0. The number of piperidine rings is 2. The number of aliphatic hydroxyl groups excluding tert-OH is 1. The van der Waals surface area contributed by atoms with Gasteiger partial charge in [0.15, 0.2) is 5.75 Å². The number of nitrogen functional groups attached to an aromatic ring is 1. The van der Waals surface area contributed by atoms with E-state index in [1.807, 2.05) is 19.1 Å². The van der Waals surface area contributed by atoms with E-state index in [-0.39, 0.29) is 18.0 Å². The van der Waals surface area contributed by atoms with Crippen molar-refractivity contribution in [3.05, 3.63) is 45.5 Å². The highest BCUT2D eigenvalue weighted by Gasteiger charge is 2.29. The second-order valence-corrected chi connectivity index (χ2v) is 14.1. The van der Waals surface area contributed by atoms with Crippen molar-refractivity contribution in [2.45, 2.75) is 59.0 Å². The number of rotatable bonds is 7. The maximum absolute atomic E-state index is 11.2. The Bertz CT molecular complexity index is 1360. The number of nitro groups is 1. The minimum atomic E-state index is -0.381. The third-order valence-corrected chi connectivity index (χ3v) is 11.0. The molecule has 4 aliphatic heterocycles. The number of aryl methyl sites for hydroxylation is 2. The van der Waals surface area contributed by atoms with Crippen LogP contribution in [0, 0.1) is 24.0 Å². The van der Waals surface area contributed by atoms with Gasteiger partial charge in [0.1, 0.15) is 5.75 Å². The number of benzene rings is 2. The number of nitro benzene ring substituents is 1. The van der Waals surface area contributed by atoms with E-state index < -0.39 is 0 Å². The van der Waals surface area contributed by atoms with Crippen LogP contribution < -0.4 is 25.0 Å². The van der Waals surface area contributed by atoms with Gasteiger partial charge in [0.25, 0.3) is 0 Å². The molecule has 4 heterocycles.